The fraction of sp³-hybridized carbons (Fsp3) is 0.111. The molecule has 0 saturated carbocycles. The molecular weight excluding hydrogens is 671 g/mol. The van der Waals surface area contributed by atoms with Crippen LogP contribution in [0.1, 0.15) is 34.8 Å². The van der Waals surface area contributed by atoms with Gasteiger partial charge in [-0.3, -0.25) is 14.4 Å². The average molecular weight is 702 g/mol. The fourth-order valence-electron chi connectivity index (χ4n) is 4.44. The van der Waals surface area contributed by atoms with Crippen molar-refractivity contribution >= 4 is 80.9 Å². The number of aryl methyl sites for hydroxylation is 1. The number of thiazole rings is 1. The van der Waals surface area contributed by atoms with Gasteiger partial charge in [-0.25, -0.2) is 4.98 Å². The van der Waals surface area contributed by atoms with Crippen LogP contribution in [-0.2, 0) is 9.59 Å². The SMILES string of the molecule is CCC(Sc1cccc(NC(=O)/C(=C\c2cccc(Cl)c2Cl)NC(=O)c2ccccc2)c1)C(=O)Nc1nc(-c2ccc(C)cc2)cs1. The van der Waals surface area contributed by atoms with E-state index in [1.54, 1.807) is 66.7 Å². The van der Waals surface area contributed by atoms with Gasteiger partial charge in [0.05, 0.1) is 21.0 Å². The first-order valence-electron chi connectivity index (χ1n) is 14.6. The molecule has 238 valence electrons. The van der Waals surface area contributed by atoms with Crippen LogP contribution in [0.3, 0.4) is 0 Å². The number of thioether (sulfide) groups is 1. The lowest BCUT2D eigenvalue weighted by Gasteiger charge is -2.15. The maximum absolute atomic E-state index is 13.6. The van der Waals surface area contributed by atoms with E-state index in [9.17, 15) is 14.4 Å². The lowest BCUT2D eigenvalue weighted by Crippen LogP contribution is -2.30. The van der Waals surface area contributed by atoms with E-state index in [0.717, 1.165) is 21.7 Å². The van der Waals surface area contributed by atoms with Crippen LogP contribution >= 0.6 is 46.3 Å². The molecule has 0 aliphatic heterocycles. The number of halogens is 2. The van der Waals surface area contributed by atoms with Crippen LogP contribution in [0.5, 0.6) is 0 Å². The van der Waals surface area contributed by atoms with Crippen molar-refractivity contribution in [2.45, 2.75) is 30.4 Å². The van der Waals surface area contributed by atoms with Crippen LogP contribution in [0.4, 0.5) is 10.8 Å². The molecule has 0 fully saturated rings. The average Bonchev–Trinajstić information content (AvgIpc) is 3.54. The number of hydrogen-bond acceptors (Lipinski definition) is 6. The minimum Gasteiger partial charge on any atom is -0.321 e. The molecule has 47 heavy (non-hydrogen) atoms. The number of carbonyl (C=O) groups is 3. The van der Waals surface area contributed by atoms with E-state index < -0.39 is 17.1 Å². The zero-order chi connectivity index (χ0) is 33.3. The highest BCUT2D eigenvalue weighted by Gasteiger charge is 2.21. The Balaban J connectivity index is 1.29. The summed E-state index contributed by atoms with van der Waals surface area (Å²) in [5.41, 5.74) is 4.26. The topological polar surface area (TPSA) is 100 Å². The molecule has 0 aliphatic rings. The second kappa shape index (κ2) is 15.9. The molecule has 4 aromatic carbocycles. The predicted molar refractivity (Wildman–Crippen MR) is 194 cm³/mol. The molecule has 0 bridgehead atoms. The zero-order valence-corrected chi connectivity index (χ0v) is 28.6. The highest BCUT2D eigenvalue weighted by molar-refractivity contribution is 8.00. The molecule has 1 atom stereocenters. The molecule has 7 nitrogen and oxygen atoms in total. The molecule has 5 aromatic rings. The van der Waals surface area contributed by atoms with E-state index in [0.29, 0.717) is 33.4 Å². The van der Waals surface area contributed by atoms with Crippen molar-refractivity contribution in [2.75, 3.05) is 10.6 Å². The van der Waals surface area contributed by atoms with E-state index in [1.165, 1.54) is 29.2 Å². The summed E-state index contributed by atoms with van der Waals surface area (Å²) in [6.07, 6.45) is 2.05. The van der Waals surface area contributed by atoms with Gasteiger partial charge in [-0.2, -0.15) is 0 Å². The summed E-state index contributed by atoms with van der Waals surface area (Å²) in [5, 5.41) is 11.1. The molecule has 1 aromatic heterocycles. The van der Waals surface area contributed by atoms with Gasteiger partial charge in [0.2, 0.25) is 5.91 Å². The number of aromatic nitrogens is 1. The van der Waals surface area contributed by atoms with E-state index in [2.05, 4.69) is 20.9 Å². The minimum absolute atomic E-state index is 0.0275. The van der Waals surface area contributed by atoms with Crippen LogP contribution < -0.4 is 16.0 Å². The smallest absolute Gasteiger partial charge is 0.272 e. The van der Waals surface area contributed by atoms with E-state index in [1.807, 2.05) is 49.6 Å². The standard InChI is InChI=1S/C36H30Cl2N4O3S2/c1-3-31(35(45)42-36-41-30(21-46-36)23-17-15-22(2)16-18-23)47-27-13-8-12-26(20-27)39-34(44)29(19-25-11-7-14-28(37)32(25)38)40-33(43)24-9-5-4-6-10-24/h4-21,31H,3H2,1-2H3,(H,39,44)(H,40,43)(H,41,42,45)/b29-19+. The van der Waals surface area contributed by atoms with Crippen molar-refractivity contribution in [3.05, 3.63) is 135 Å². The maximum Gasteiger partial charge on any atom is 0.272 e. The number of amides is 3. The van der Waals surface area contributed by atoms with Gasteiger partial charge in [-0.05, 0) is 61.4 Å². The zero-order valence-electron chi connectivity index (χ0n) is 25.4. The van der Waals surface area contributed by atoms with Gasteiger partial charge in [0.25, 0.3) is 11.8 Å². The second-order valence-electron chi connectivity index (χ2n) is 10.4. The van der Waals surface area contributed by atoms with Gasteiger partial charge in [0, 0.05) is 27.1 Å². The maximum atomic E-state index is 13.6. The van der Waals surface area contributed by atoms with Gasteiger partial charge >= 0.3 is 0 Å². The summed E-state index contributed by atoms with van der Waals surface area (Å²) in [6, 6.07) is 28.8. The third kappa shape index (κ3) is 9.11. The molecule has 5 rings (SSSR count). The molecule has 3 N–H and O–H groups in total. The number of anilines is 2. The highest BCUT2D eigenvalue weighted by atomic mass is 35.5. The Labute approximate surface area is 291 Å². The molecule has 0 aliphatic carbocycles. The Morgan fingerprint density at radius 2 is 1.66 bits per heavy atom. The van der Waals surface area contributed by atoms with Gasteiger partial charge in [-0.1, -0.05) is 96.4 Å². The lowest BCUT2D eigenvalue weighted by molar-refractivity contribution is -0.116. The van der Waals surface area contributed by atoms with Crippen molar-refractivity contribution in [3.8, 4) is 11.3 Å². The van der Waals surface area contributed by atoms with Crippen LogP contribution in [0.15, 0.2) is 113 Å². The molecule has 11 heteroatoms. The second-order valence-corrected chi connectivity index (χ2v) is 13.3. The Morgan fingerprint density at radius 1 is 0.915 bits per heavy atom. The Hall–Kier alpha value is -4.41. The quantitative estimate of drug-likeness (QED) is 0.0942. The van der Waals surface area contributed by atoms with Gasteiger partial charge in [0.15, 0.2) is 5.13 Å². The summed E-state index contributed by atoms with van der Waals surface area (Å²) in [6.45, 7) is 3.97. The van der Waals surface area contributed by atoms with Crippen molar-refractivity contribution < 1.29 is 14.4 Å². The number of carbonyl (C=O) groups excluding carboxylic acids is 3. The van der Waals surface area contributed by atoms with E-state index in [4.69, 9.17) is 23.2 Å². The number of nitrogens with one attached hydrogen (secondary N) is 3. The summed E-state index contributed by atoms with van der Waals surface area (Å²) >= 11 is 15.3. The first-order chi connectivity index (χ1) is 22.7. The van der Waals surface area contributed by atoms with Crippen molar-refractivity contribution in [1.82, 2.24) is 10.3 Å². The molecule has 0 saturated heterocycles. The molecule has 3 amide bonds. The van der Waals surface area contributed by atoms with E-state index >= 15 is 0 Å². The highest BCUT2D eigenvalue weighted by Crippen LogP contribution is 2.31. The molecule has 0 radical (unpaired) electrons. The largest absolute Gasteiger partial charge is 0.321 e. The Kier molecular flexibility index (Phi) is 11.5. The summed E-state index contributed by atoms with van der Waals surface area (Å²) < 4.78 is 0. The monoisotopic (exact) mass is 700 g/mol. The summed E-state index contributed by atoms with van der Waals surface area (Å²) in [7, 11) is 0. The van der Waals surface area contributed by atoms with Gasteiger partial charge in [-0.15, -0.1) is 23.1 Å². The van der Waals surface area contributed by atoms with Crippen LogP contribution in [0, 0.1) is 6.92 Å². The molecular formula is C36H30Cl2N4O3S2. The number of rotatable bonds is 11. The van der Waals surface area contributed by atoms with Crippen molar-refractivity contribution in [2.24, 2.45) is 0 Å². The van der Waals surface area contributed by atoms with Gasteiger partial charge in [0.1, 0.15) is 5.70 Å². The predicted octanol–water partition coefficient (Wildman–Crippen LogP) is 9.34. The summed E-state index contributed by atoms with van der Waals surface area (Å²) in [5.74, 6) is -1.19. The fourth-order valence-corrected chi connectivity index (χ4v) is 6.53. The number of benzene rings is 4. The Morgan fingerprint density at radius 3 is 2.40 bits per heavy atom. The van der Waals surface area contributed by atoms with Crippen LogP contribution in [0.25, 0.3) is 17.3 Å². The normalized spacial score (nSPS) is 11.9. The number of hydrogen-bond donors (Lipinski definition) is 3. The van der Waals surface area contributed by atoms with Crippen LogP contribution in [-0.4, -0.2) is 28.0 Å². The van der Waals surface area contributed by atoms with Gasteiger partial charge < -0.3 is 16.0 Å². The first kappa shape index (κ1) is 33.9. The van der Waals surface area contributed by atoms with Crippen molar-refractivity contribution in [3.63, 3.8) is 0 Å². The Bertz CT molecular complexity index is 1930. The molecule has 1 unspecified atom stereocenters. The molecule has 0 spiro atoms. The third-order valence-electron chi connectivity index (χ3n) is 6.93. The van der Waals surface area contributed by atoms with Crippen molar-refractivity contribution in [1.29, 1.82) is 0 Å². The van der Waals surface area contributed by atoms with Crippen LogP contribution in [0.2, 0.25) is 10.0 Å². The van der Waals surface area contributed by atoms with E-state index in [-0.39, 0.29) is 16.6 Å². The summed E-state index contributed by atoms with van der Waals surface area (Å²) in [4.78, 5) is 45.2. The first-order valence-corrected chi connectivity index (χ1v) is 17.1. The minimum atomic E-state index is -0.564. The number of nitrogens with zero attached hydrogens (tertiary/aromatic N) is 1. The third-order valence-corrected chi connectivity index (χ3v) is 9.87. The molecule has 1 heterocycles. The lowest BCUT2D eigenvalue weighted by atomic mass is 10.1.